The molecule has 0 rings (SSSR count). The van der Waals surface area contributed by atoms with E-state index in [4.69, 9.17) is 5.73 Å². The average Bonchev–Trinajstić information content (AvgIpc) is 2.13. The predicted molar refractivity (Wildman–Crippen MR) is 75.7 cm³/mol. The van der Waals surface area contributed by atoms with Crippen molar-refractivity contribution in [3.8, 4) is 0 Å². The van der Waals surface area contributed by atoms with Crippen molar-refractivity contribution < 1.29 is 9.90 Å². The Morgan fingerprint density at radius 1 is 1.39 bits per heavy atom. The molecule has 0 aliphatic rings. The summed E-state index contributed by atoms with van der Waals surface area (Å²) in [7, 11) is 0. The van der Waals surface area contributed by atoms with Crippen LogP contribution >= 0.6 is 0 Å². The van der Waals surface area contributed by atoms with E-state index in [0.29, 0.717) is 12.5 Å². The Morgan fingerprint density at radius 3 is 2.28 bits per heavy atom. The molecule has 1 amide bonds. The molecule has 0 aromatic carbocycles. The summed E-state index contributed by atoms with van der Waals surface area (Å²) in [6.45, 7) is 10.6. The molecule has 0 unspecified atom stereocenters. The maximum absolute atomic E-state index is 11.5. The molecule has 18 heavy (non-hydrogen) atoms. The Kier molecular flexibility index (Phi) is 6.99. The molecular weight excluding hydrogens is 228 g/mol. The molecule has 0 saturated carbocycles. The molecule has 0 fully saturated rings. The van der Waals surface area contributed by atoms with Crippen LogP contribution in [0.2, 0.25) is 0 Å². The Hall–Kier alpha value is -1.03. The van der Waals surface area contributed by atoms with Gasteiger partial charge in [0.25, 0.3) is 0 Å². The lowest BCUT2D eigenvalue weighted by molar-refractivity contribution is 0.0773. The van der Waals surface area contributed by atoms with Gasteiger partial charge in [-0.3, -0.25) is 4.90 Å². The summed E-state index contributed by atoms with van der Waals surface area (Å²) in [5.74, 6) is 0.446. The van der Waals surface area contributed by atoms with Crippen molar-refractivity contribution in [1.82, 2.24) is 4.90 Å². The van der Waals surface area contributed by atoms with Crippen LogP contribution in [0.3, 0.4) is 0 Å². The van der Waals surface area contributed by atoms with Crippen LogP contribution in [0, 0.1) is 5.92 Å². The van der Waals surface area contributed by atoms with E-state index in [1.54, 1.807) is 0 Å². The number of nitrogens with two attached hydrogens (primary N) is 1. The SMILES string of the molecule is CC(C)C[C@@H](/C=C/CCN)N(C(=O)O)C(C)(C)C. The molecule has 4 nitrogen and oxygen atoms in total. The second kappa shape index (κ2) is 7.41. The Labute approximate surface area is 111 Å². The second-order valence-corrected chi connectivity index (χ2v) is 6.03. The van der Waals surface area contributed by atoms with Crippen molar-refractivity contribution in [3.63, 3.8) is 0 Å². The van der Waals surface area contributed by atoms with Crippen molar-refractivity contribution in [1.29, 1.82) is 0 Å². The number of hydrogen-bond donors (Lipinski definition) is 2. The second-order valence-electron chi connectivity index (χ2n) is 6.03. The number of nitrogens with zero attached hydrogens (tertiary/aromatic N) is 1. The first kappa shape index (κ1) is 17.0. The molecule has 3 N–H and O–H groups in total. The molecular formula is C14H28N2O2. The Bertz CT molecular complexity index is 280. The lowest BCUT2D eigenvalue weighted by Gasteiger charge is -2.39. The topological polar surface area (TPSA) is 66.6 Å². The van der Waals surface area contributed by atoms with Gasteiger partial charge in [-0.2, -0.15) is 0 Å². The fraction of sp³-hybridized carbons (Fsp3) is 0.786. The third-order valence-corrected chi connectivity index (χ3v) is 2.66. The minimum absolute atomic E-state index is 0.0888. The van der Waals surface area contributed by atoms with E-state index in [-0.39, 0.29) is 6.04 Å². The molecule has 0 aromatic rings. The largest absolute Gasteiger partial charge is 0.465 e. The van der Waals surface area contributed by atoms with Gasteiger partial charge in [0.1, 0.15) is 0 Å². The summed E-state index contributed by atoms with van der Waals surface area (Å²) in [5, 5.41) is 9.42. The van der Waals surface area contributed by atoms with Gasteiger partial charge in [-0.05, 0) is 46.1 Å². The first-order chi connectivity index (χ1) is 8.20. The number of carboxylic acid groups (broad SMARTS) is 1. The smallest absolute Gasteiger partial charge is 0.408 e. The van der Waals surface area contributed by atoms with Gasteiger partial charge in [0, 0.05) is 5.54 Å². The molecule has 4 heteroatoms. The van der Waals surface area contributed by atoms with Gasteiger partial charge in [0.15, 0.2) is 0 Å². The fourth-order valence-corrected chi connectivity index (χ4v) is 2.03. The quantitative estimate of drug-likeness (QED) is 0.718. The van der Waals surface area contributed by atoms with E-state index in [2.05, 4.69) is 13.8 Å². The standard InChI is InChI=1S/C14H28N2O2/c1-11(2)10-12(8-6-7-9-15)16(13(17)18)14(3,4)5/h6,8,11-12H,7,9-10,15H2,1-5H3,(H,17,18)/b8-6+/t12-/m1/s1. The van der Waals surface area contributed by atoms with Crippen molar-refractivity contribution >= 4 is 6.09 Å². The summed E-state index contributed by atoms with van der Waals surface area (Å²) in [6, 6.07) is -0.0888. The monoisotopic (exact) mass is 256 g/mol. The van der Waals surface area contributed by atoms with Crippen LogP contribution in [0.4, 0.5) is 4.79 Å². The first-order valence-corrected chi connectivity index (χ1v) is 6.59. The first-order valence-electron chi connectivity index (χ1n) is 6.59. The lowest BCUT2D eigenvalue weighted by atomic mass is 9.96. The summed E-state index contributed by atoms with van der Waals surface area (Å²) < 4.78 is 0. The highest BCUT2D eigenvalue weighted by molar-refractivity contribution is 5.66. The van der Waals surface area contributed by atoms with E-state index in [9.17, 15) is 9.90 Å². The van der Waals surface area contributed by atoms with Gasteiger partial charge in [0.2, 0.25) is 0 Å². The van der Waals surface area contributed by atoms with E-state index in [0.717, 1.165) is 12.8 Å². The van der Waals surface area contributed by atoms with Crippen LogP contribution in [-0.2, 0) is 0 Å². The highest BCUT2D eigenvalue weighted by Crippen LogP contribution is 2.23. The lowest BCUT2D eigenvalue weighted by Crippen LogP contribution is -2.50. The van der Waals surface area contributed by atoms with Crippen molar-refractivity contribution in [2.24, 2.45) is 11.7 Å². The molecule has 0 radical (unpaired) electrons. The van der Waals surface area contributed by atoms with Gasteiger partial charge in [-0.15, -0.1) is 0 Å². The summed E-state index contributed by atoms with van der Waals surface area (Å²) in [6.07, 6.45) is 4.70. The zero-order valence-electron chi connectivity index (χ0n) is 12.3. The van der Waals surface area contributed by atoms with E-state index >= 15 is 0 Å². The zero-order valence-corrected chi connectivity index (χ0v) is 12.3. The van der Waals surface area contributed by atoms with Crippen LogP contribution in [0.1, 0.15) is 47.5 Å². The third kappa shape index (κ3) is 6.05. The summed E-state index contributed by atoms with van der Waals surface area (Å²) >= 11 is 0. The fourth-order valence-electron chi connectivity index (χ4n) is 2.03. The normalized spacial score (nSPS) is 14.2. The van der Waals surface area contributed by atoms with Crippen molar-refractivity contribution in [2.75, 3.05) is 6.54 Å². The third-order valence-electron chi connectivity index (χ3n) is 2.66. The van der Waals surface area contributed by atoms with Gasteiger partial charge in [0.05, 0.1) is 6.04 Å². The molecule has 0 bridgehead atoms. The molecule has 0 spiro atoms. The Morgan fingerprint density at radius 2 is 1.94 bits per heavy atom. The average molecular weight is 256 g/mol. The molecule has 0 aromatic heterocycles. The number of hydrogen-bond acceptors (Lipinski definition) is 2. The van der Waals surface area contributed by atoms with E-state index in [1.165, 1.54) is 4.90 Å². The number of rotatable bonds is 6. The van der Waals surface area contributed by atoms with Gasteiger partial charge in [-0.1, -0.05) is 26.0 Å². The number of carbonyl (C=O) groups is 1. The van der Waals surface area contributed by atoms with E-state index < -0.39 is 11.6 Å². The van der Waals surface area contributed by atoms with Gasteiger partial charge >= 0.3 is 6.09 Å². The number of amides is 1. The van der Waals surface area contributed by atoms with Gasteiger partial charge < -0.3 is 10.8 Å². The van der Waals surface area contributed by atoms with Gasteiger partial charge in [-0.25, -0.2) is 4.79 Å². The molecule has 106 valence electrons. The Balaban J connectivity index is 5.04. The minimum Gasteiger partial charge on any atom is -0.465 e. The van der Waals surface area contributed by atoms with Crippen LogP contribution < -0.4 is 5.73 Å². The molecule has 1 atom stereocenters. The van der Waals surface area contributed by atoms with Crippen LogP contribution in [0.25, 0.3) is 0 Å². The van der Waals surface area contributed by atoms with Crippen LogP contribution in [-0.4, -0.2) is 34.2 Å². The maximum atomic E-state index is 11.5. The molecule has 0 saturated heterocycles. The van der Waals surface area contributed by atoms with Crippen molar-refractivity contribution in [2.45, 2.75) is 59.0 Å². The molecule has 0 heterocycles. The molecule has 0 aliphatic heterocycles. The summed E-state index contributed by atoms with van der Waals surface area (Å²) in [4.78, 5) is 13.0. The zero-order chi connectivity index (χ0) is 14.3. The molecule has 0 aliphatic carbocycles. The van der Waals surface area contributed by atoms with Crippen LogP contribution in [0.15, 0.2) is 12.2 Å². The van der Waals surface area contributed by atoms with E-state index in [1.807, 2.05) is 32.9 Å². The minimum atomic E-state index is -0.870. The van der Waals surface area contributed by atoms with Crippen molar-refractivity contribution in [3.05, 3.63) is 12.2 Å². The van der Waals surface area contributed by atoms with Crippen LogP contribution in [0.5, 0.6) is 0 Å². The maximum Gasteiger partial charge on any atom is 0.408 e. The highest BCUT2D eigenvalue weighted by Gasteiger charge is 2.31. The highest BCUT2D eigenvalue weighted by atomic mass is 16.4. The predicted octanol–water partition coefficient (Wildman–Crippen LogP) is 3.08. The summed E-state index contributed by atoms with van der Waals surface area (Å²) in [5.41, 5.74) is 5.05.